The summed E-state index contributed by atoms with van der Waals surface area (Å²) in [5, 5.41) is 2.35. The number of carbonyl (C=O) groups excluding carboxylic acids is 1. The van der Waals surface area contributed by atoms with Crippen LogP contribution in [-0.4, -0.2) is 19.6 Å². The molecule has 1 aliphatic rings. The largest absolute Gasteiger partial charge is 0.322 e. The van der Waals surface area contributed by atoms with Gasteiger partial charge in [0.25, 0.3) is 5.91 Å². The molecule has 2 aromatic carbocycles. The molecule has 0 atom stereocenters. The summed E-state index contributed by atoms with van der Waals surface area (Å²) >= 11 is 1.89. The average molecular weight is 473 g/mol. The fourth-order valence-electron chi connectivity index (χ4n) is 3.01. The SMILES string of the molecule is O=C(Nc1cccc(S(=O)(=O)C2CCCC2)c1)c1ccc(F)cc1I. The van der Waals surface area contributed by atoms with Crippen molar-refractivity contribution < 1.29 is 17.6 Å². The van der Waals surface area contributed by atoms with E-state index in [1.165, 1.54) is 24.3 Å². The van der Waals surface area contributed by atoms with E-state index in [2.05, 4.69) is 5.32 Å². The van der Waals surface area contributed by atoms with Gasteiger partial charge in [-0.25, -0.2) is 12.8 Å². The molecule has 1 N–H and O–H groups in total. The van der Waals surface area contributed by atoms with E-state index in [1.54, 1.807) is 18.2 Å². The summed E-state index contributed by atoms with van der Waals surface area (Å²) in [6, 6.07) is 10.2. The Kier molecular flexibility index (Phi) is 5.43. The van der Waals surface area contributed by atoms with Crippen molar-refractivity contribution >= 4 is 44.0 Å². The third-order valence-corrected chi connectivity index (χ3v) is 7.49. The van der Waals surface area contributed by atoms with Crippen LogP contribution < -0.4 is 5.32 Å². The second-order valence-corrected chi connectivity index (χ2v) is 9.45. The topological polar surface area (TPSA) is 63.2 Å². The van der Waals surface area contributed by atoms with Crippen molar-refractivity contribution in [1.82, 2.24) is 0 Å². The van der Waals surface area contributed by atoms with E-state index < -0.39 is 21.6 Å². The molecule has 0 heterocycles. The molecule has 25 heavy (non-hydrogen) atoms. The van der Waals surface area contributed by atoms with Crippen molar-refractivity contribution in [3.63, 3.8) is 0 Å². The molecule has 132 valence electrons. The zero-order valence-corrected chi connectivity index (χ0v) is 16.3. The van der Waals surface area contributed by atoms with Crippen LogP contribution in [0.25, 0.3) is 0 Å². The lowest BCUT2D eigenvalue weighted by molar-refractivity contribution is 0.102. The monoisotopic (exact) mass is 473 g/mol. The Labute approximate surface area is 159 Å². The average Bonchev–Trinajstić information content (AvgIpc) is 3.10. The van der Waals surface area contributed by atoms with E-state index >= 15 is 0 Å². The first kappa shape index (κ1) is 18.3. The van der Waals surface area contributed by atoms with Gasteiger partial charge in [0.15, 0.2) is 9.84 Å². The number of hydrogen-bond acceptors (Lipinski definition) is 3. The van der Waals surface area contributed by atoms with Crippen LogP contribution in [0.5, 0.6) is 0 Å². The Morgan fingerprint density at radius 2 is 1.84 bits per heavy atom. The first-order valence-corrected chi connectivity index (χ1v) is 10.6. The lowest BCUT2D eigenvalue weighted by Crippen LogP contribution is -2.18. The van der Waals surface area contributed by atoms with Crippen LogP contribution in [0, 0.1) is 9.39 Å². The van der Waals surface area contributed by atoms with Gasteiger partial charge in [-0.05, 0) is 71.8 Å². The predicted octanol–water partition coefficient (Wildman–Crippen LogP) is 4.40. The number of anilines is 1. The van der Waals surface area contributed by atoms with Crippen LogP contribution in [0.15, 0.2) is 47.4 Å². The third-order valence-electron chi connectivity index (χ3n) is 4.34. The molecule has 0 aliphatic heterocycles. The van der Waals surface area contributed by atoms with Gasteiger partial charge in [0.05, 0.1) is 15.7 Å². The fraction of sp³-hybridized carbons (Fsp3) is 0.278. The molecule has 0 bridgehead atoms. The maximum Gasteiger partial charge on any atom is 0.256 e. The molecule has 1 saturated carbocycles. The number of benzene rings is 2. The Hall–Kier alpha value is -1.48. The van der Waals surface area contributed by atoms with Crippen LogP contribution in [-0.2, 0) is 9.84 Å². The second kappa shape index (κ2) is 7.41. The minimum atomic E-state index is -3.38. The van der Waals surface area contributed by atoms with Gasteiger partial charge in [0.1, 0.15) is 5.82 Å². The van der Waals surface area contributed by atoms with E-state index in [9.17, 15) is 17.6 Å². The highest BCUT2D eigenvalue weighted by Gasteiger charge is 2.30. The zero-order chi connectivity index (χ0) is 18.0. The molecule has 3 rings (SSSR count). The number of nitrogens with one attached hydrogen (secondary N) is 1. The molecule has 2 aromatic rings. The molecule has 0 spiro atoms. The molecule has 0 saturated heterocycles. The summed E-state index contributed by atoms with van der Waals surface area (Å²) in [6.45, 7) is 0. The van der Waals surface area contributed by atoms with Gasteiger partial charge in [-0.2, -0.15) is 0 Å². The number of halogens is 2. The van der Waals surface area contributed by atoms with E-state index in [4.69, 9.17) is 0 Å². The molecule has 4 nitrogen and oxygen atoms in total. The van der Waals surface area contributed by atoms with Gasteiger partial charge in [-0.15, -0.1) is 0 Å². The van der Waals surface area contributed by atoms with Crippen molar-refractivity contribution in [2.75, 3.05) is 5.32 Å². The van der Waals surface area contributed by atoms with Gasteiger partial charge in [0.2, 0.25) is 0 Å². The molecule has 7 heteroatoms. The number of sulfone groups is 1. The number of amides is 1. The minimum absolute atomic E-state index is 0.228. The predicted molar refractivity (Wildman–Crippen MR) is 103 cm³/mol. The van der Waals surface area contributed by atoms with Crippen LogP contribution in [0.1, 0.15) is 36.0 Å². The Bertz CT molecular complexity index is 908. The van der Waals surface area contributed by atoms with E-state index in [-0.39, 0.29) is 10.1 Å². The fourth-order valence-corrected chi connectivity index (χ4v) is 5.63. The second-order valence-electron chi connectivity index (χ2n) is 6.06. The highest BCUT2D eigenvalue weighted by molar-refractivity contribution is 14.1. The standard InChI is InChI=1S/C18H17FINO3S/c19-12-8-9-16(17(20)10-12)18(22)21-13-4-3-7-15(11-13)25(23,24)14-5-1-2-6-14/h3-4,7-11,14H,1-2,5-6H2,(H,21,22). The van der Waals surface area contributed by atoms with E-state index in [0.717, 1.165) is 12.8 Å². The Morgan fingerprint density at radius 1 is 1.12 bits per heavy atom. The van der Waals surface area contributed by atoms with Crippen LogP contribution in [0.3, 0.4) is 0 Å². The molecular formula is C18H17FINO3S. The zero-order valence-electron chi connectivity index (χ0n) is 13.3. The maximum absolute atomic E-state index is 13.2. The summed E-state index contributed by atoms with van der Waals surface area (Å²) in [7, 11) is -3.38. The highest BCUT2D eigenvalue weighted by Crippen LogP contribution is 2.30. The smallest absolute Gasteiger partial charge is 0.256 e. The molecule has 1 fully saturated rings. The summed E-state index contributed by atoms with van der Waals surface area (Å²) < 4.78 is 39.0. The first-order chi connectivity index (χ1) is 11.9. The first-order valence-electron chi connectivity index (χ1n) is 7.98. The summed E-state index contributed by atoms with van der Waals surface area (Å²) in [5.41, 5.74) is 0.746. The molecule has 1 amide bonds. The Morgan fingerprint density at radius 3 is 2.52 bits per heavy atom. The van der Waals surface area contributed by atoms with E-state index in [1.807, 2.05) is 22.6 Å². The van der Waals surface area contributed by atoms with Crippen molar-refractivity contribution in [2.45, 2.75) is 35.8 Å². The summed E-state index contributed by atoms with van der Waals surface area (Å²) in [6.07, 6.45) is 3.24. The lowest BCUT2D eigenvalue weighted by atomic mass is 10.2. The normalized spacial score (nSPS) is 15.3. The molecular weight excluding hydrogens is 456 g/mol. The highest BCUT2D eigenvalue weighted by atomic mass is 127. The van der Waals surface area contributed by atoms with Gasteiger partial charge in [-0.1, -0.05) is 18.9 Å². The van der Waals surface area contributed by atoms with Gasteiger partial charge in [0, 0.05) is 9.26 Å². The lowest BCUT2D eigenvalue weighted by Gasteiger charge is -2.13. The number of hydrogen-bond donors (Lipinski definition) is 1. The van der Waals surface area contributed by atoms with Crippen LogP contribution in [0.4, 0.5) is 10.1 Å². The van der Waals surface area contributed by atoms with Crippen LogP contribution in [0.2, 0.25) is 0 Å². The van der Waals surface area contributed by atoms with Gasteiger partial charge >= 0.3 is 0 Å². The Balaban J connectivity index is 1.83. The number of rotatable bonds is 4. The van der Waals surface area contributed by atoms with Gasteiger partial charge < -0.3 is 5.32 Å². The van der Waals surface area contributed by atoms with Crippen molar-refractivity contribution in [3.8, 4) is 0 Å². The van der Waals surface area contributed by atoms with Crippen LogP contribution >= 0.6 is 22.6 Å². The summed E-state index contributed by atoms with van der Waals surface area (Å²) in [5.74, 6) is -0.814. The van der Waals surface area contributed by atoms with Crippen molar-refractivity contribution in [1.29, 1.82) is 0 Å². The van der Waals surface area contributed by atoms with Crippen molar-refractivity contribution in [2.24, 2.45) is 0 Å². The molecule has 0 radical (unpaired) electrons. The maximum atomic E-state index is 13.2. The number of carbonyl (C=O) groups is 1. The quantitative estimate of drug-likeness (QED) is 0.670. The third kappa shape index (κ3) is 4.03. The minimum Gasteiger partial charge on any atom is -0.322 e. The molecule has 0 aromatic heterocycles. The van der Waals surface area contributed by atoms with Crippen molar-refractivity contribution in [3.05, 3.63) is 57.4 Å². The molecule has 0 unspecified atom stereocenters. The molecule has 1 aliphatic carbocycles. The van der Waals surface area contributed by atoms with E-state index in [0.29, 0.717) is 27.7 Å². The summed E-state index contributed by atoms with van der Waals surface area (Å²) in [4.78, 5) is 12.6. The van der Waals surface area contributed by atoms with Gasteiger partial charge in [-0.3, -0.25) is 4.79 Å².